The maximum atomic E-state index is 12.5. The van der Waals surface area contributed by atoms with Crippen molar-refractivity contribution in [3.05, 3.63) is 0 Å². The number of carbonyl (C=O) groups excluding carboxylic acids is 1. The van der Waals surface area contributed by atoms with Crippen LogP contribution in [0.1, 0.15) is 70.6 Å². The van der Waals surface area contributed by atoms with Crippen molar-refractivity contribution in [3.63, 3.8) is 0 Å². The van der Waals surface area contributed by atoms with Gasteiger partial charge in [-0.05, 0) is 44.4 Å². The molecule has 3 rings (SSSR count). The molecule has 3 fully saturated rings. The molecule has 2 saturated carbocycles. The number of rotatable bonds is 1. The molecule has 0 unspecified atom stereocenters. The summed E-state index contributed by atoms with van der Waals surface area (Å²) in [5, 5.41) is 3.31. The maximum Gasteiger partial charge on any atom is 0.317 e. The molecule has 0 spiro atoms. The molecule has 3 heteroatoms. The van der Waals surface area contributed by atoms with Crippen molar-refractivity contribution in [3.8, 4) is 0 Å². The maximum absolute atomic E-state index is 12.5. The third kappa shape index (κ3) is 3.06. The molecule has 0 bridgehead atoms. The molecular formula is C16H28N2O. The lowest BCUT2D eigenvalue weighted by Gasteiger charge is -2.44. The summed E-state index contributed by atoms with van der Waals surface area (Å²) in [6.45, 7) is 0.986. The number of fused-ring (bicyclic) bond motifs is 1. The average molecular weight is 264 g/mol. The quantitative estimate of drug-likeness (QED) is 0.770. The minimum atomic E-state index is 0.239. The number of nitrogens with one attached hydrogen (secondary N) is 1. The first kappa shape index (κ1) is 13.3. The average Bonchev–Trinajstić information content (AvgIpc) is 2.47. The van der Waals surface area contributed by atoms with Crippen molar-refractivity contribution in [2.75, 3.05) is 6.54 Å². The first-order valence-corrected chi connectivity index (χ1v) is 8.42. The Morgan fingerprint density at radius 2 is 1.53 bits per heavy atom. The van der Waals surface area contributed by atoms with E-state index in [2.05, 4.69) is 10.2 Å². The smallest absolute Gasteiger partial charge is 0.317 e. The van der Waals surface area contributed by atoms with Crippen LogP contribution in [0, 0.1) is 5.92 Å². The minimum absolute atomic E-state index is 0.239. The van der Waals surface area contributed by atoms with Crippen LogP contribution in [0.3, 0.4) is 0 Å². The van der Waals surface area contributed by atoms with Gasteiger partial charge in [0.1, 0.15) is 0 Å². The van der Waals surface area contributed by atoms with Gasteiger partial charge in [0.05, 0.1) is 0 Å². The molecule has 0 aromatic carbocycles. The zero-order chi connectivity index (χ0) is 13.1. The number of hydrogen-bond acceptors (Lipinski definition) is 1. The summed E-state index contributed by atoms with van der Waals surface area (Å²) in [4.78, 5) is 14.7. The molecule has 1 heterocycles. The lowest BCUT2D eigenvalue weighted by molar-refractivity contribution is 0.0818. The summed E-state index contributed by atoms with van der Waals surface area (Å²) in [6.07, 6.45) is 14.1. The number of piperidine rings is 1. The SMILES string of the molecule is O=C(NC1CCCCC1)N1CCC[C@H]2CCCC[C@@H]21. The van der Waals surface area contributed by atoms with Gasteiger partial charge in [0, 0.05) is 18.6 Å². The van der Waals surface area contributed by atoms with Crippen LogP contribution in [0.25, 0.3) is 0 Å². The van der Waals surface area contributed by atoms with Crippen LogP contribution in [0.15, 0.2) is 0 Å². The van der Waals surface area contributed by atoms with Gasteiger partial charge in [-0.3, -0.25) is 0 Å². The standard InChI is InChI=1S/C16H28N2O/c19-16(17-14-9-2-1-3-10-14)18-12-6-8-13-7-4-5-11-15(13)18/h13-15H,1-12H2,(H,17,19)/t13-,15+/m1/s1. The summed E-state index contributed by atoms with van der Waals surface area (Å²) >= 11 is 0. The fourth-order valence-electron chi connectivity index (χ4n) is 4.38. The van der Waals surface area contributed by atoms with Crippen molar-refractivity contribution < 1.29 is 4.79 Å². The Bertz CT molecular complexity index is 310. The summed E-state index contributed by atoms with van der Waals surface area (Å²) in [6, 6.07) is 1.24. The number of amides is 2. The fourth-order valence-corrected chi connectivity index (χ4v) is 4.38. The van der Waals surface area contributed by atoms with Crippen molar-refractivity contribution in [1.29, 1.82) is 0 Å². The van der Waals surface area contributed by atoms with E-state index in [1.807, 2.05) is 0 Å². The summed E-state index contributed by atoms with van der Waals surface area (Å²) in [5.41, 5.74) is 0. The monoisotopic (exact) mass is 264 g/mol. The third-order valence-corrected chi connectivity index (χ3v) is 5.44. The van der Waals surface area contributed by atoms with Gasteiger partial charge >= 0.3 is 6.03 Å². The zero-order valence-electron chi connectivity index (χ0n) is 12.1. The molecule has 0 radical (unpaired) electrons. The summed E-state index contributed by atoms with van der Waals surface area (Å²) in [7, 11) is 0. The summed E-state index contributed by atoms with van der Waals surface area (Å²) < 4.78 is 0. The Kier molecular flexibility index (Phi) is 4.29. The Balaban J connectivity index is 1.58. The molecule has 2 atom stereocenters. The van der Waals surface area contributed by atoms with E-state index in [4.69, 9.17) is 0 Å². The van der Waals surface area contributed by atoms with E-state index in [0.29, 0.717) is 12.1 Å². The molecule has 3 nitrogen and oxygen atoms in total. The molecule has 19 heavy (non-hydrogen) atoms. The van der Waals surface area contributed by atoms with Gasteiger partial charge < -0.3 is 10.2 Å². The van der Waals surface area contributed by atoms with Gasteiger partial charge in [0.2, 0.25) is 0 Å². The number of urea groups is 1. The van der Waals surface area contributed by atoms with Gasteiger partial charge in [-0.15, -0.1) is 0 Å². The Hall–Kier alpha value is -0.730. The Morgan fingerprint density at radius 3 is 2.37 bits per heavy atom. The largest absolute Gasteiger partial charge is 0.335 e. The van der Waals surface area contributed by atoms with Crippen LogP contribution >= 0.6 is 0 Å². The van der Waals surface area contributed by atoms with Crippen LogP contribution in [0.4, 0.5) is 4.79 Å². The van der Waals surface area contributed by atoms with Crippen molar-refractivity contribution >= 4 is 6.03 Å². The van der Waals surface area contributed by atoms with Crippen molar-refractivity contribution in [1.82, 2.24) is 10.2 Å². The lowest BCUT2D eigenvalue weighted by Crippen LogP contribution is -2.55. The minimum Gasteiger partial charge on any atom is -0.335 e. The number of nitrogens with zero attached hydrogens (tertiary/aromatic N) is 1. The van der Waals surface area contributed by atoms with Crippen molar-refractivity contribution in [2.45, 2.75) is 82.7 Å². The molecular weight excluding hydrogens is 236 g/mol. The van der Waals surface area contributed by atoms with Gasteiger partial charge in [-0.25, -0.2) is 4.79 Å². The van der Waals surface area contributed by atoms with E-state index in [0.717, 1.165) is 12.5 Å². The topological polar surface area (TPSA) is 32.3 Å². The molecule has 1 saturated heterocycles. The van der Waals surface area contributed by atoms with Crippen molar-refractivity contribution in [2.24, 2.45) is 5.92 Å². The highest BCUT2D eigenvalue weighted by Crippen LogP contribution is 2.35. The number of carbonyl (C=O) groups is 1. The Labute approximate surface area is 117 Å². The van der Waals surface area contributed by atoms with E-state index >= 15 is 0 Å². The van der Waals surface area contributed by atoms with E-state index < -0.39 is 0 Å². The highest BCUT2D eigenvalue weighted by Gasteiger charge is 2.36. The predicted molar refractivity (Wildman–Crippen MR) is 77.1 cm³/mol. The number of hydrogen-bond donors (Lipinski definition) is 1. The normalized spacial score (nSPS) is 32.7. The van der Waals surface area contributed by atoms with Gasteiger partial charge in [-0.1, -0.05) is 32.1 Å². The molecule has 3 aliphatic rings. The first-order valence-electron chi connectivity index (χ1n) is 8.42. The van der Waals surface area contributed by atoms with Crippen LogP contribution in [0.2, 0.25) is 0 Å². The second-order valence-electron chi connectivity index (χ2n) is 6.73. The third-order valence-electron chi connectivity index (χ3n) is 5.44. The second-order valence-corrected chi connectivity index (χ2v) is 6.73. The molecule has 1 aliphatic heterocycles. The summed E-state index contributed by atoms with van der Waals surface area (Å²) in [5.74, 6) is 0.791. The molecule has 108 valence electrons. The molecule has 1 N–H and O–H groups in total. The Morgan fingerprint density at radius 1 is 0.842 bits per heavy atom. The lowest BCUT2D eigenvalue weighted by atomic mass is 9.78. The highest BCUT2D eigenvalue weighted by molar-refractivity contribution is 5.75. The predicted octanol–water partition coefficient (Wildman–Crippen LogP) is 3.68. The number of likely N-dealkylation sites (tertiary alicyclic amines) is 1. The zero-order valence-corrected chi connectivity index (χ0v) is 12.1. The van der Waals surface area contributed by atoms with E-state index in [9.17, 15) is 4.79 Å². The first-order chi connectivity index (χ1) is 9.34. The molecule has 0 aromatic heterocycles. The van der Waals surface area contributed by atoms with Gasteiger partial charge in [0.25, 0.3) is 0 Å². The van der Waals surface area contributed by atoms with Gasteiger partial charge in [0.15, 0.2) is 0 Å². The van der Waals surface area contributed by atoms with Gasteiger partial charge in [-0.2, -0.15) is 0 Å². The van der Waals surface area contributed by atoms with Crippen LogP contribution in [0.5, 0.6) is 0 Å². The molecule has 2 aliphatic carbocycles. The molecule has 0 aromatic rings. The molecule has 2 amide bonds. The van der Waals surface area contributed by atoms with Crippen LogP contribution in [-0.4, -0.2) is 29.6 Å². The van der Waals surface area contributed by atoms with Crippen LogP contribution < -0.4 is 5.32 Å². The fraction of sp³-hybridized carbons (Fsp3) is 0.938. The highest BCUT2D eigenvalue weighted by atomic mass is 16.2. The van der Waals surface area contributed by atoms with E-state index in [-0.39, 0.29) is 6.03 Å². The van der Waals surface area contributed by atoms with E-state index in [1.165, 1.54) is 70.6 Å². The van der Waals surface area contributed by atoms with Crippen LogP contribution in [-0.2, 0) is 0 Å². The second kappa shape index (κ2) is 6.15. The van der Waals surface area contributed by atoms with E-state index in [1.54, 1.807) is 0 Å².